The van der Waals surface area contributed by atoms with Crippen molar-refractivity contribution < 1.29 is 22.4 Å². The Kier molecular flexibility index (Phi) is 19.0. The van der Waals surface area contributed by atoms with Crippen molar-refractivity contribution in [1.29, 1.82) is 0 Å². The lowest BCUT2D eigenvalue weighted by Crippen LogP contribution is -2.26. The van der Waals surface area contributed by atoms with Crippen molar-refractivity contribution in [2.75, 3.05) is 0 Å². The predicted molar refractivity (Wildman–Crippen MR) is 252 cm³/mol. The van der Waals surface area contributed by atoms with Gasteiger partial charge in [-0.25, -0.2) is 17.6 Å². The van der Waals surface area contributed by atoms with Crippen LogP contribution in [0.3, 0.4) is 0 Å². The van der Waals surface area contributed by atoms with E-state index in [9.17, 15) is 4.79 Å². The van der Waals surface area contributed by atoms with Crippen molar-refractivity contribution in [3.05, 3.63) is 69.8 Å². The molecule has 0 amide bonds. The average molecular weight is 863 g/mol. The molecule has 5 heteroatoms. The Labute approximate surface area is 376 Å². The Morgan fingerprint density at radius 1 is 0.452 bits per heavy atom. The van der Waals surface area contributed by atoms with E-state index in [4.69, 9.17) is 0 Å². The summed E-state index contributed by atoms with van der Waals surface area (Å²) < 4.78 is 64.9. The Bertz CT molecular complexity index is 1510. The van der Waals surface area contributed by atoms with E-state index in [0.717, 1.165) is 86.2 Å². The Morgan fingerprint density at radius 2 is 0.790 bits per heavy atom. The number of carbonyl (C=O) groups excluding carboxylic acids is 1. The van der Waals surface area contributed by atoms with E-state index < -0.39 is 17.6 Å². The van der Waals surface area contributed by atoms with Gasteiger partial charge in [0.1, 0.15) is 0 Å². The van der Waals surface area contributed by atoms with Gasteiger partial charge in [-0.05, 0) is 148 Å². The van der Waals surface area contributed by atoms with Gasteiger partial charge in [0.2, 0.25) is 0 Å². The molecule has 0 aromatic heterocycles. The maximum atomic E-state index is 16.2. The highest BCUT2D eigenvalue weighted by Crippen LogP contribution is 2.48. The summed E-state index contributed by atoms with van der Waals surface area (Å²) in [7, 11) is 0. The second-order valence-corrected chi connectivity index (χ2v) is 21.3. The zero-order valence-corrected chi connectivity index (χ0v) is 39.7. The van der Waals surface area contributed by atoms with E-state index in [-0.39, 0.29) is 59.8 Å². The number of ketones is 1. The number of carbonyl (C=O) groups is 1. The molecule has 4 saturated carbocycles. The number of hydrogen-bond acceptors (Lipinski definition) is 1. The molecule has 348 valence electrons. The number of alkyl halides is 4. The fraction of sp³-hybridized carbons (Fsp3) is 0.772. The minimum absolute atomic E-state index is 0.121. The normalized spacial score (nSPS) is 27.6. The van der Waals surface area contributed by atoms with Gasteiger partial charge in [0.25, 0.3) is 11.8 Å². The topological polar surface area (TPSA) is 17.1 Å². The Balaban J connectivity index is 1.13. The summed E-state index contributed by atoms with van der Waals surface area (Å²) >= 11 is 0. The van der Waals surface area contributed by atoms with Crippen LogP contribution in [-0.2, 0) is 11.8 Å². The van der Waals surface area contributed by atoms with Gasteiger partial charge < -0.3 is 0 Å². The van der Waals surface area contributed by atoms with E-state index in [1.807, 2.05) is 12.1 Å². The summed E-state index contributed by atoms with van der Waals surface area (Å²) in [6, 6.07) is 10.0. The molecule has 2 aromatic rings. The fourth-order valence-corrected chi connectivity index (χ4v) is 13.1. The van der Waals surface area contributed by atoms with Crippen LogP contribution in [0.2, 0.25) is 0 Å². The summed E-state index contributed by atoms with van der Waals surface area (Å²) in [4.78, 5) is 14.6. The predicted octanol–water partition coefficient (Wildman–Crippen LogP) is 18.8. The minimum atomic E-state index is -3.24. The number of unbranched alkanes of at least 4 members (excludes halogenated alkanes) is 6. The van der Waals surface area contributed by atoms with Gasteiger partial charge in [-0.15, -0.1) is 0 Å². The van der Waals surface area contributed by atoms with Crippen molar-refractivity contribution in [1.82, 2.24) is 0 Å². The molecule has 0 spiro atoms. The standard InChI is InChI=1S/C57H86F4O/c1-5-9-11-13-15-41-17-21-43(22-18-41)45-25-29-47(30-26-45)49-33-35-51(53(39-49)56(58,59)37-7-3)55(62)52-36-34-50(40-54(52)57(60,61)38-8-4)48-31-27-46(28-32-48)44-23-19-42(20-24-44)16-14-12-10-6-2/h33-36,39-48H,5-32,37-38H2,1-4H3. The van der Waals surface area contributed by atoms with Crippen LogP contribution in [0.1, 0.15) is 270 Å². The van der Waals surface area contributed by atoms with Gasteiger partial charge in [-0.1, -0.05) is 155 Å². The number of benzene rings is 2. The quantitative estimate of drug-likeness (QED) is 0.0655. The Morgan fingerprint density at radius 3 is 1.11 bits per heavy atom. The van der Waals surface area contributed by atoms with Crippen molar-refractivity contribution in [3.8, 4) is 0 Å². The molecule has 6 rings (SSSR count). The molecule has 2 aromatic carbocycles. The highest BCUT2D eigenvalue weighted by molar-refractivity contribution is 6.11. The van der Waals surface area contributed by atoms with Gasteiger partial charge in [-0.3, -0.25) is 4.79 Å². The monoisotopic (exact) mass is 863 g/mol. The zero-order chi connectivity index (χ0) is 44.1. The second-order valence-electron chi connectivity index (χ2n) is 21.3. The van der Waals surface area contributed by atoms with E-state index >= 15 is 17.6 Å². The van der Waals surface area contributed by atoms with E-state index in [1.54, 1.807) is 38.1 Å². The summed E-state index contributed by atoms with van der Waals surface area (Å²) in [5.74, 6) is -2.03. The van der Waals surface area contributed by atoms with Crippen LogP contribution < -0.4 is 0 Å². The van der Waals surface area contributed by atoms with E-state index in [1.165, 1.54) is 116 Å². The molecule has 1 nitrogen and oxygen atoms in total. The molecule has 4 aliphatic carbocycles. The molecule has 0 radical (unpaired) electrons. The van der Waals surface area contributed by atoms with Crippen LogP contribution in [0.25, 0.3) is 0 Å². The van der Waals surface area contributed by atoms with E-state index in [2.05, 4.69) is 13.8 Å². The van der Waals surface area contributed by atoms with E-state index in [0.29, 0.717) is 11.8 Å². The van der Waals surface area contributed by atoms with Crippen molar-refractivity contribution in [3.63, 3.8) is 0 Å². The van der Waals surface area contributed by atoms with Crippen molar-refractivity contribution in [2.24, 2.45) is 35.5 Å². The van der Waals surface area contributed by atoms with Gasteiger partial charge in [0.15, 0.2) is 5.78 Å². The highest BCUT2D eigenvalue weighted by atomic mass is 19.3. The number of hydrogen-bond donors (Lipinski definition) is 0. The third-order valence-corrected chi connectivity index (χ3v) is 17.0. The molecule has 0 N–H and O–H groups in total. The first-order valence-corrected chi connectivity index (χ1v) is 26.6. The molecule has 0 bridgehead atoms. The van der Waals surface area contributed by atoms with Gasteiger partial charge in [0, 0.05) is 35.1 Å². The minimum Gasteiger partial charge on any atom is -0.289 e. The van der Waals surface area contributed by atoms with Crippen molar-refractivity contribution >= 4 is 5.78 Å². The maximum Gasteiger partial charge on any atom is 0.273 e. The largest absolute Gasteiger partial charge is 0.289 e. The van der Waals surface area contributed by atoms with Crippen LogP contribution >= 0.6 is 0 Å². The molecule has 0 saturated heterocycles. The number of rotatable bonds is 22. The van der Waals surface area contributed by atoms with Crippen LogP contribution in [0.4, 0.5) is 17.6 Å². The maximum absolute atomic E-state index is 16.2. The second kappa shape index (κ2) is 23.8. The van der Waals surface area contributed by atoms with Gasteiger partial charge >= 0.3 is 0 Å². The molecule has 0 unspecified atom stereocenters. The molecular weight excluding hydrogens is 777 g/mol. The molecule has 4 fully saturated rings. The van der Waals surface area contributed by atoms with Gasteiger partial charge in [0.05, 0.1) is 0 Å². The molecule has 0 atom stereocenters. The van der Waals surface area contributed by atoms with Crippen LogP contribution in [0, 0.1) is 35.5 Å². The summed E-state index contributed by atoms with van der Waals surface area (Å²) in [5, 5.41) is 0. The fourth-order valence-electron chi connectivity index (χ4n) is 13.1. The third kappa shape index (κ3) is 13.0. The SMILES string of the molecule is CCCCCCC1CCC(C2CCC(c3ccc(C(=O)c4ccc(C5CCC(C6CCC(CCCCCC)CC6)CC5)cc4C(F)(F)CCC)c(C(F)(F)CCC)c3)CC2)CC1. The third-order valence-electron chi connectivity index (χ3n) is 17.0. The first-order chi connectivity index (χ1) is 30.0. The smallest absolute Gasteiger partial charge is 0.273 e. The van der Waals surface area contributed by atoms with Crippen LogP contribution in [0.15, 0.2) is 36.4 Å². The van der Waals surface area contributed by atoms with Crippen LogP contribution in [0.5, 0.6) is 0 Å². The summed E-state index contributed by atoms with van der Waals surface area (Å²) in [6.07, 6.45) is 32.5. The lowest BCUT2D eigenvalue weighted by molar-refractivity contribution is -0.0152. The molecular formula is C57H86F4O. The Hall–Kier alpha value is -2.17. The summed E-state index contributed by atoms with van der Waals surface area (Å²) in [6.45, 7) is 8.01. The highest BCUT2D eigenvalue weighted by Gasteiger charge is 2.41. The number of halogens is 4. The summed E-state index contributed by atoms with van der Waals surface area (Å²) in [5.41, 5.74) is 0.950. The van der Waals surface area contributed by atoms with Crippen LogP contribution in [-0.4, -0.2) is 5.78 Å². The van der Waals surface area contributed by atoms with Crippen molar-refractivity contribution in [2.45, 2.75) is 244 Å². The lowest BCUT2D eigenvalue weighted by Gasteiger charge is -2.38. The average Bonchev–Trinajstić information content (AvgIpc) is 3.29. The zero-order valence-electron chi connectivity index (χ0n) is 39.7. The van der Waals surface area contributed by atoms with Gasteiger partial charge in [-0.2, -0.15) is 0 Å². The molecule has 0 heterocycles. The lowest BCUT2D eigenvalue weighted by atomic mass is 9.67. The first kappa shape index (κ1) is 49.3. The molecule has 4 aliphatic rings. The molecule has 0 aliphatic heterocycles. The first-order valence-electron chi connectivity index (χ1n) is 26.6. The molecule has 62 heavy (non-hydrogen) atoms.